The predicted molar refractivity (Wildman–Crippen MR) is 170 cm³/mol. The zero-order valence-electron chi connectivity index (χ0n) is 27.4. The smallest absolute Gasteiger partial charge is 0.416 e. The Morgan fingerprint density at radius 3 is 2.07 bits per heavy atom. The summed E-state index contributed by atoms with van der Waals surface area (Å²) in [5.41, 5.74) is 6.26. The molecule has 0 aliphatic carbocycles. The van der Waals surface area contributed by atoms with Crippen molar-refractivity contribution in [3.8, 4) is 28.8 Å². The fourth-order valence-electron chi connectivity index (χ4n) is 5.52. The van der Waals surface area contributed by atoms with Crippen LogP contribution in [0, 0.1) is 22.8 Å². The molecule has 0 aliphatic rings. The molecule has 2 aromatic heterocycles. The van der Waals surface area contributed by atoms with Crippen LogP contribution < -0.4 is 4.90 Å². The van der Waals surface area contributed by atoms with E-state index in [1.807, 2.05) is 60.6 Å². The molecule has 0 fully saturated rings. The van der Waals surface area contributed by atoms with Crippen molar-refractivity contribution >= 4 is 20.0 Å². The lowest BCUT2D eigenvalue weighted by atomic mass is 10.0. The number of pyridine rings is 1. The molecule has 1 amide bonds. The third kappa shape index (κ3) is 7.95. The number of hydrogen-bond acceptors (Lipinski definition) is 6. The molecule has 2 rings (SSSR count). The second-order valence-electron chi connectivity index (χ2n) is 13.6. The molecule has 0 aliphatic heterocycles. The Labute approximate surface area is 249 Å². The van der Waals surface area contributed by atoms with Crippen molar-refractivity contribution in [3.05, 3.63) is 35.9 Å². The molecule has 2 heterocycles. The van der Waals surface area contributed by atoms with Crippen LogP contribution in [0.25, 0.3) is 11.3 Å². The van der Waals surface area contributed by atoms with E-state index in [4.69, 9.17) is 14.7 Å². The van der Waals surface area contributed by atoms with Crippen molar-refractivity contribution in [2.75, 3.05) is 4.90 Å². The van der Waals surface area contributed by atoms with Gasteiger partial charge in [0.25, 0.3) is 0 Å². The maximum atomic E-state index is 13.6. The average Bonchev–Trinajstić information content (AvgIpc) is 2.83. The molecule has 0 N–H and O–H groups in total. The highest BCUT2D eigenvalue weighted by Gasteiger charge is 2.42. The number of rotatable bonds is 7. The van der Waals surface area contributed by atoms with Crippen LogP contribution in [0.3, 0.4) is 0 Å². The zero-order valence-corrected chi connectivity index (χ0v) is 28.4. The van der Waals surface area contributed by atoms with Crippen molar-refractivity contribution in [1.82, 2.24) is 15.0 Å². The maximum absolute atomic E-state index is 13.6. The number of amides is 1. The highest BCUT2D eigenvalue weighted by molar-refractivity contribution is 6.90. The number of anilines is 1. The van der Waals surface area contributed by atoms with E-state index in [-0.39, 0.29) is 5.92 Å². The minimum atomic E-state index is -2.12. The minimum absolute atomic E-state index is 0.306. The third-order valence-electron chi connectivity index (χ3n) is 7.47. The second kappa shape index (κ2) is 13.2. The van der Waals surface area contributed by atoms with E-state index in [0.717, 1.165) is 5.56 Å². The SMILES string of the molecule is CCC(C#N)c1cc(-c2cnc(N(C(=O)OC(C)(C)C)C(C)(C)C)c(C#C[Si](C(C)C)(C(C)C)C(C)C)n2)ccn1. The summed E-state index contributed by atoms with van der Waals surface area (Å²) >= 11 is 0. The Bertz CT molecular complexity index is 1300. The summed E-state index contributed by atoms with van der Waals surface area (Å²) in [6, 6.07) is 6.08. The van der Waals surface area contributed by atoms with E-state index < -0.39 is 25.3 Å². The molecule has 8 heteroatoms. The molecule has 0 saturated carbocycles. The van der Waals surface area contributed by atoms with Gasteiger partial charge in [-0.2, -0.15) is 5.26 Å². The minimum Gasteiger partial charge on any atom is -0.443 e. The fraction of sp³-hybridized carbons (Fsp3) is 0.606. The van der Waals surface area contributed by atoms with Crippen molar-refractivity contribution in [3.63, 3.8) is 0 Å². The number of ether oxygens (including phenoxy) is 1. The lowest BCUT2D eigenvalue weighted by Crippen LogP contribution is -2.49. The zero-order chi connectivity index (χ0) is 31.3. The molecule has 0 aromatic carbocycles. The quantitative estimate of drug-likeness (QED) is 0.242. The van der Waals surface area contributed by atoms with Gasteiger partial charge >= 0.3 is 6.09 Å². The summed E-state index contributed by atoms with van der Waals surface area (Å²) in [6.45, 7) is 27.0. The first-order chi connectivity index (χ1) is 18.9. The van der Waals surface area contributed by atoms with E-state index in [1.54, 1.807) is 17.3 Å². The normalized spacial score (nSPS) is 13.0. The van der Waals surface area contributed by atoms with Gasteiger partial charge in [-0.25, -0.2) is 14.8 Å². The molecule has 0 radical (unpaired) electrons. The fourth-order valence-corrected chi connectivity index (χ4v) is 10.7. The van der Waals surface area contributed by atoms with Gasteiger partial charge in [-0.1, -0.05) is 54.4 Å². The summed E-state index contributed by atoms with van der Waals surface area (Å²) in [7, 11) is -2.12. The number of hydrogen-bond donors (Lipinski definition) is 0. The number of carbonyl (C=O) groups excluding carboxylic acids is 1. The third-order valence-corrected chi connectivity index (χ3v) is 13.8. The van der Waals surface area contributed by atoms with E-state index >= 15 is 0 Å². The van der Waals surface area contributed by atoms with Crippen LogP contribution in [0.4, 0.5) is 10.6 Å². The first-order valence-corrected chi connectivity index (χ1v) is 16.9. The summed E-state index contributed by atoms with van der Waals surface area (Å²) in [6.07, 6.45) is 3.52. The monoisotopic (exact) mass is 575 g/mol. The summed E-state index contributed by atoms with van der Waals surface area (Å²) < 4.78 is 5.82. The van der Waals surface area contributed by atoms with Crippen LogP contribution >= 0.6 is 0 Å². The van der Waals surface area contributed by atoms with Crippen LogP contribution in [0.1, 0.15) is 114 Å². The first-order valence-electron chi connectivity index (χ1n) is 14.7. The van der Waals surface area contributed by atoms with Gasteiger partial charge in [-0.15, -0.1) is 5.54 Å². The molecule has 0 saturated heterocycles. The Kier molecular flexibility index (Phi) is 10.9. The Morgan fingerprint density at radius 1 is 1.02 bits per heavy atom. The van der Waals surface area contributed by atoms with Crippen LogP contribution in [-0.2, 0) is 4.74 Å². The van der Waals surface area contributed by atoms with Gasteiger partial charge in [0.1, 0.15) is 13.7 Å². The molecule has 2 aromatic rings. The van der Waals surface area contributed by atoms with Gasteiger partial charge in [-0.3, -0.25) is 9.88 Å². The highest BCUT2D eigenvalue weighted by Crippen LogP contribution is 2.41. The highest BCUT2D eigenvalue weighted by atomic mass is 28.3. The maximum Gasteiger partial charge on any atom is 0.416 e. The first kappa shape index (κ1) is 34.0. The largest absolute Gasteiger partial charge is 0.443 e. The molecule has 222 valence electrons. The summed E-state index contributed by atoms with van der Waals surface area (Å²) in [5, 5.41) is 9.59. The molecular weight excluding hydrogens is 526 g/mol. The Hall–Kier alpha value is -3.23. The molecule has 0 spiro atoms. The van der Waals surface area contributed by atoms with Crippen molar-refractivity contribution in [2.45, 2.75) is 130 Å². The number of nitrogens with zero attached hydrogens (tertiary/aromatic N) is 5. The molecule has 0 bridgehead atoms. The number of aromatic nitrogens is 3. The van der Waals surface area contributed by atoms with Crippen molar-refractivity contribution in [1.29, 1.82) is 5.26 Å². The lowest BCUT2D eigenvalue weighted by molar-refractivity contribution is 0.0548. The topological polar surface area (TPSA) is 92.0 Å². The summed E-state index contributed by atoms with van der Waals surface area (Å²) in [5.74, 6) is 3.53. The van der Waals surface area contributed by atoms with Gasteiger partial charge in [0.2, 0.25) is 0 Å². The Balaban J connectivity index is 2.90. The Morgan fingerprint density at radius 2 is 1.61 bits per heavy atom. The van der Waals surface area contributed by atoms with Crippen LogP contribution in [0.2, 0.25) is 16.6 Å². The van der Waals surface area contributed by atoms with Gasteiger partial charge in [0.15, 0.2) is 11.5 Å². The van der Waals surface area contributed by atoms with Crippen LogP contribution in [0.15, 0.2) is 24.5 Å². The molecule has 1 atom stereocenters. The average molecular weight is 576 g/mol. The van der Waals surface area contributed by atoms with E-state index in [0.29, 0.717) is 45.9 Å². The second-order valence-corrected chi connectivity index (χ2v) is 19.2. The summed E-state index contributed by atoms with van der Waals surface area (Å²) in [4.78, 5) is 29.4. The van der Waals surface area contributed by atoms with Crippen molar-refractivity contribution < 1.29 is 9.53 Å². The van der Waals surface area contributed by atoms with Crippen molar-refractivity contribution in [2.24, 2.45) is 0 Å². The van der Waals surface area contributed by atoms with E-state index in [2.05, 4.69) is 64.1 Å². The number of carbonyl (C=O) groups is 1. The van der Waals surface area contributed by atoms with E-state index in [1.165, 1.54) is 0 Å². The molecular formula is C33H49N5O2Si. The van der Waals surface area contributed by atoms with Gasteiger partial charge in [-0.05, 0) is 76.7 Å². The molecule has 1 unspecified atom stereocenters. The van der Waals surface area contributed by atoms with Gasteiger partial charge in [0.05, 0.1) is 29.6 Å². The van der Waals surface area contributed by atoms with E-state index in [9.17, 15) is 10.1 Å². The van der Waals surface area contributed by atoms with Crippen LogP contribution in [0.5, 0.6) is 0 Å². The number of nitriles is 1. The van der Waals surface area contributed by atoms with Crippen LogP contribution in [-0.4, -0.2) is 40.3 Å². The molecule has 7 nitrogen and oxygen atoms in total. The lowest BCUT2D eigenvalue weighted by Gasteiger charge is -2.38. The molecule has 41 heavy (non-hydrogen) atoms. The standard InChI is InChI=1S/C33H49N5O2Si/c1-14-25(20-34)28-19-26(15-17-35-28)29-21-36-30(38(32(8,9)10)31(39)40-33(11,12)13)27(37-29)16-18-41(22(2)3,23(4)5)24(6)7/h15,17,19,21-25H,14H2,1-13H3. The van der Waals surface area contributed by atoms with Gasteiger partial charge in [0, 0.05) is 17.3 Å². The predicted octanol–water partition coefficient (Wildman–Crippen LogP) is 8.67. The van der Waals surface area contributed by atoms with Gasteiger partial charge < -0.3 is 4.74 Å².